The zero-order chi connectivity index (χ0) is 18.0. The molecule has 1 unspecified atom stereocenters. The molecule has 25 heavy (non-hydrogen) atoms. The van der Waals surface area contributed by atoms with Gasteiger partial charge in [0.15, 0.2) is 0 Å². The van der Waals surface area contributed by atoms with Crippen LogP contribution in [0.2, 0.25) is 0 Å². The van der Waals surface area contributed by atoms with Crippen molar-refractivity contribution in [2.75, 3.05) is 11.4 Å². The molecule has 0 fully saturated rings. The van der Waals surface area contributed by atoms with Crippen molar-refractivity contribution in [3.8, 4) is 0 Å². The highest BCUT2D eigenvalue weighted by atomic mass is 16.1. The van der Waals surface area contributed by atoms with Crippen LogP contribution in [-0.2, 0) is 6.42 Å². The van der Waals surface area contributed by atoms with E-state index in [-0.39, 0.29) is 11.9 Å². The van der Waals surface area contributed by atoms with E-state index in [2.05, 4.69) is 59.2 Å². The van der Waals surface area contributed by atoms with Crippen molar-refractivity contribution in [2.45, 2.75) is 46.6 Å². The summed E-state index contributed by atoms with van der Waals surface area (Å²) in [4.78, 5) is 23.7. The number of hydrogen-bond donors (Lipinski definition) is 1. The minimum absolute atomic E-state index is 0.132. The average Bonchev–Trinajstić information content (AvgIpc) is 2.89. The highest BCUT2D eigenvalue weighted by molar-refractivity contribution is 5.92. The van der Waals surface area contributed by atoms with Crippen LogP contribution in [0.3, 0.4) is 0 Å². The number of carbonyl (C=O) groups excluding carboxylic acids is 1. The normalized spacial score (nSPS) is 16.2. The maximum Gasteiger partial charge on any atom is 0.270 e. The van der Waals surface area contributed by atoms with E-state index in [0.29, 0.717) is 24.1 Å². The summed E-state index contributed by atoms with van der Waals surface area (Å²) in [5.41, 5.74) is 3.66. The fourth-order valence-corrected chi connectivity index (χ4v) is 3.21. The lowest BCUT2D eigenvalue weighted by atomic mass is 10.1. The van der Waals surface area contributed by atoms with Crippen LogP contribution in [0.5, 0.6) is 0 Å². The average molecular weight is 338 g/mol. The zero-order valence-corrected chi connectivity index (χ0v) is 15.4. The standard InChI is InChI=1S/C20H26N4O/c1-13(2)9-10-21-19(25)17-11-14(3)22-20(23-17)24-15(4)12-16-7-5-6-8-18(16)24/h5-8,11,13,15H,9-10,12H2,1-4H3,(H,21,25). The molecular formula is C20H26N4O. The summed E-state index contributed by atoms with van der Waals surface area (Å²) < 4.78 is 0. The Morgan fingerprint density at radius 3 is 2.84 bits per heavy atom. The molecule has 1 atom stereocenters. The first-order chi connectivity index (χ1) is 12.0. The summed E-state index contributed by atoms with van der Waals surface area (Å²) in [6.45, 7) is 9.02. The van der Waals surface area contributed by atoms with Crippen LogP contribution in [0.4, 0.5) is 11.6 Å². The lowest BCUT2D eigenvalue weighted by Crippen LogP contribution is -2.29. The number of aryl methyl sites for hydroxylation is 1. The minimum atomic E-state index is -0.132. The first-order valence-electron chi connectivity index (χ1n) is 8.96. The zero-order valence-electron chi connectivity index (χ0n) is 15.4. The van der Waals surface area contributed by atoms with Crippen molar-refractivity contribution >= 4 is 17.5 Å². The smallest absolute Gasteiger partial charge is 0.270 e. The maximum absolute atomic E-state index is 12.5. The molecule has 1 N–H and O–H groups in total. The van der Waals surface area contributed by atoms with E-state index in [9.17, 15) is 4.79 Å². The van der Waals surface area contributed by atoms with Crippen molar-refractivity contribution in [1.29, 1.82) is 0 Å². The number of nitrogens with zero attached hydrogens (tertiary/aromatic N) is 3. The topological polar surface area (TPSA) is 58.1 Å². The molecule has 3 rings (SSSR count). The highest BCUT2D eigenvalue weighted by Crippen LogP contribution is 2.36. The number of anilines is 2. The molecule has 0 bridgehead atoms. The molecule has 1 amide bonds. The molecule has 0 saturated carbocycles. The van der Waals surface area contributed by atoms with Gasteiger partial charge in [0, 0.05) is 24.0 Å². The van der Waals surface area contributed by atoms with Crippen molar-refractivity contribution < 1.29 is 4.79 Å². The number of carbonyl (C=O) groups is 1. The molecule has 0 saturated heterocycles. The van der Waals surface area contributed by atoms with Crippen LogP contribution in [0.15, 0.2) is 30.3 Å². The molecule has 5 heteroatoms. The Kier molecular flexibility index (Phi) is 5.02. The molecule has 1 aliphatic heterocycles. The highest BCUT2D eigenvalue weighted by Gasteiger charge is 2.29. The van der Waals surface area contributed by atoms with Crippen molar-refractivity contribution in [1.82, 2.24) is 15.3 Å². The third-order valence-corrected chi connectivity index (χ3v) is 4.51. The van der Waals surface area contributed by atoms with Crippen LogP contribution < -0.4 is 10.2 Å². The molecule has 1 aromatic heterocycles. The molecule has 0 radical (unpaired) electrons. The monoisotopic (exact) mass is 338 g/mol. The fourth-order valence-electron chi connectivity index (χ4n) is 3.21. The Morgan fingerprint density at radius 2 is 2.08 bits per heavy atom. The quantitative estimate of drug-likeness (QED) is 0.904. The number of benzene rings is 1. The molecule has 1 aromatic carbocycles. The molecule has 2 heterocycles. The van der Waals surface area contributed by atoms with E-state index < -0.39 is 0 Å². The predicted octanol–water partition coefficient (Wildman–Crippen LogP) is 3.64. The molecule has 132 valence electrons. The first kappa shape index (κ1) is 17.4. The second-order valence-electron chi connectivity index (χ2n) is 7.18. The summed E-state index contributed by atoms with van der Waals surface area (Å²) in [5.74, 6) is 1.03. The van der Waals surface area contributed by atoms with Gasteiger partial charge < -0.3 is 10.2 Å². The van der Waals surface area contributed by atoms with Gasteiger partial charge in [0.05, 0.1) is 0 Å². The van der Waals surface area contributed by atoms with E-state index >= 15 is 0 Å². The van der Waals surface area contributed by atoms with E-state index in [1.54, 1.807) is 6.07 Å². The Bertz CT molecular complexity index is 772. The molecule has 5 nitrogen and oxygen atoms in total. The van der Waals surface area contributed by atoms with Crippen molar-refractivity contribution in [3.05, 3.63) is 47.3 Å². The maximum atomic E-state index is 12.5. The number of hydrogen-bond acceptors (Lipinski definition) is 4. The van der Waals surface area contributed by atoms with Crippen LogP contribution in [0.1, 0.15) is 48.9 Å². The van der Waals surface area contributed by atoms with Gasteiger partial charge in [0.25, 0.3) is 5.91 Å². The van der Waals surface area contributed by atoms with E-state index in [0.717, 1.165) is 24.2 Å². The van der Waals surface area contributed by atoms with Crippen molar-refractivity contribution in [3.63, 3.8) is 0 Å². The SMILES string of the molecule is Cc1cc(C(=O)NCCC(C)C)nc(N2c3ccccc3CC2C)n1. The molecule has 0 aliphatic carbocycles. The van der Waals surface area contributed by atoms with Crippen LogP contribution >= 0.6 is 0 Å². The van der Waals surface area contributed by atoms with Gasteiger partial charge in [-0.2, -0.15) is 0 Å². The minimum Gasteiger partial charge on any atom is -0.351 e. The predicted molar refractivity (Wildman–Crippen MR) is 100 cm³/mol. The second-order valence-corrected chi connectivity index (χ2v) is 7.18. The number of rotatable bonds is 5. The van der Waals surface area contributed by atoms with E-state index in [1.807, 2.05) is 13.0 Å². The lowest BCUT2D eigenvalue weighted by molar-refractivity contribution is 0.0947. The van der Waals surface area contributed by atoms with Gasteiger partial charge in [-0.05, 0) is 50.3 Å². The van der Waals surface area contributed by atoms with Crippen molar-refractivity contribution in [2.24, 2.45) is 5.92 Å². The third-order valence-electron chi connectivity index (χ3n) is 4.51. The van der Waals surface area contributed by atoms with Gasteiger partial charge in [-0.15, -0.1) is 0 Å². The Balaban J connectivity index is 1.86. The van der Waals surface area contributed by atoms with Gasteiger partial charge in [-0.25, -0.2) is 9.97 Å². The number of amides is 1. The molecule has 1 aliphatic rings. The first-order valence-corrected chi connectivity index (χ1v) is 8.96. The van der Waals surface area contributed by atoms with E-state index in [1.165, 1.54) is 5.56 Å². The molecule has 0 spiro atoms. The largest absolute Gasteiger partial charge is 0.351 e. The molecular weight excluding hydrogens is 312 g/mol. The van der Waals surface area contributed by atoms with Gasteiger partial charge in [0.1, 0.15) is 5.69 Å². The van der Waals surface area contributed by atoms with E-state index in [4.69, 9.17) is 0 Å². The van der Waals surface area contributed by atoms with Gasteiger partial charge >= 0.3 is 0 Å². The summed E-state index contributed by atoms with van der Waals surface area (Å²) >= 11 is 0. The van der Waals surface area contributed by atoms with Gasteiger partial charge in [-0.1, -0.05) is 32.0 Å². The number of fused-ring (bicyclic) bond motifs is 1. The Hall–Kier alpha value is -2.43. The summed E-state index contributed by atoms with van der Waals surface area (Å²) in [6.07, 6.45) is 1.92. The second kappa shape index (κ2) is 7.21. The summed E-state index contributed by atoms with van der Waals surface area (Å²) in [7, 11) is 0. The fraction of sp³-hybridized carbons (Fsp3) is 0.450. The van der Waals surface area contributed by atoms with Crippen LogP contribution in [0.25, 0.3) is 0 Å². The molecule has 2 aromatic rings. The van der Waals surface area contributed by atoms with Crippen LogP contribution in [0, 0.1) is 12.8 Å². The summed E-state index contributed by atoms with van der Waals surface area (Å²) in [6, 6.07) is 10.3. The third kappa shape index (κ3) is 3.81. The van der Waals surface area contributed by atoms with Gasteiger partial charge in [0.2, 0.25) is 5.95 Å². The number of aromatic nitrogens is 2. The Morgan fingerprint density at radius 1 is 1.32 bits per heavy atom. The summed E-state index contributed by atoms with van der Waals surface area (Å²) in [5, 5.41) is 2.96. The number of para-hydroxylation sites is 1. The van der Waals surface area contributed by atoms with Crippen LogP contribution in [-0.4, -0.2) is 28.5 Å². The Labute approximate surface area is 149 Å². The lowest BCUT2D eigenvalue weighted by Gasteiger charge is -2.23. The number of nitrogens with one attached hydrogen (secondary N) is 1. The van der Waals surface area contributed by atoms with Gasteiger partial charge in [-0.3, -0.25) is 4.79 Å².